The highest BCUT2D eigenvalue weighted by atomic mass is 15.2. The van der Waals surface area contributed by atoms with Crippen molar-refractivity contribution in [1.82, 2.24) is 10.2 Å². The van der Waals surface area contributed by atoms with Crippen LogP contribution in [-0.4, -0.2) is 36.6 Å². The van der Waals surface area contributed by atoms with E-state index >= 15 is 0 Å². The number of terminal acetylenes is 1. The molecule has 0 aromatic heterocycles. The van der Waals surface area contributed by atoms with E-state index in [1.807, 2.05) is 0 Å². The maximum atomic E-state index is 5.57. The summed E-state index contributed by atoms with van der Waals surface area (Å²) in [5.74, 6) is 3.69. The monoisotopic (exact) mass is 222 g/mol. The molecule has 2 unspecified atom stereocenters. The Kier molecular flexibility index (Phi) is 5.87. The molecule has 0 radical (unpaired) electrons. The fraction of sp³-hybridized carbons (Fsp3) is 0.857. The van der Waals surface area contributed by atoms with E-state index < -0.39 is 0 Å². The van der Waals surface area contributed by atoms with Crippen molar-refractivity contribution in [2.24, 2.45) is 5.92 Å². The number of nitrogens with one attached hydrogen (secondary N) is 1. The lowest BCUT2D eigenvalue weighted by Gasteiger charge is -2.36. The lowest BCUT2D eigenvalue weighted by atomic mass is 9.96. The minimum absolute atomic E-state index is 0.349. The highest BCUT2D eigenvalue weighted by molar-refractivity contribution is 5.00. The van der Waals surface area contributed by atoms with E-state index in [1.54, 1.807) is 0 Å². The third kappa shape index (κ3) is 4.15. The Bertz CT molecular complexity index is 229. The molecule has 1 fully saturated rings. The lowest BCUT2D eigenvalue weighted by molar-refractivity contribution is 0.144. The zero-order valence-electron chi connectivity index (χ0n) is 11.0. The summed E-state index contributed by atoms with van der Waals surface area (Å²) >= 11 is 0. The van der Waals surface area contributed by atoms with Crippen LogP contribution in [0.4, 0.5) is 0 Å². The smallest absolute Gasteiger partial charge is 0.0709 e. The molecule has 1 aliphatic rings. The van der Waals surface area contributed by atoms with E-state index in [4.69, 9.17) is 6.42 Å². The van der Waals surface area contributed by atoms with Crippen LogP contribution in [0.1, 0.15) is 40.0 Å². The average molecular weight is 222 g/mol. The van der Waals surface area contributed by atoms with Crippen molar-refractivity contribution in [2.75, 3.05) is 19.6 Å². The summed E-state index contributed by atoms with van der Waals surface area (Å²) < 4.78 is 0. The molecule has 1 N–H and O–H groups in total. The van der Waals surface area contributed by atoms with Crippen LogP contribution in [-0.2, 0) is 0 Å². The van der Waals surface area contributed by atoms with Gasteiger partial charge >= 0.3 is 0 Å². The van der Waals surface area contributed by atoms with Gasteiger partial charge in [0.05, 0.1) is 6.04 Å². The normalized spacial score (nSPS) is 24.3. The topological polar surface area (TPSA) is 15.3 Å². The summed E-state index contributed by atoms with van der Waals surface area (Å²) in [6.07, 6.45) is 9.28. The Morgan fingerprint density at radius 2 is 2.25 bits per heavy atom. The molecule has 92 valence electrons. The lowest BCUT2D eigenvalue weighted by Crippen LogP contribution is -2.45. The molecule has 0 aromatic rings. The largest absolute Gasteiger partial charge is 0.314 e. The van der Waals surface area contributed by atoms with Crippen molar-refractivity contribution in [1.29, 1.82) is 0 Å². The maximum absolute atomic E-state index is 5.57. The molecular weight excluding hydrogens is 196 g/mol. The fourth-order valence-electron chi connectivity index (χ4n) is 2.43. The van der Waals surface area contributed by atoms with Gasteiger partial charge in [0.2, 0.25) is 0 Å². The Morgan fingerprint density at radius 3 is 2.81 bits per heavy atom. The van der Waals surface area contributed by atoms with Gasteiger partial charge in [-0.2, -0.15) is 0 Å². The minimum Gasteiger partial charge on any atom is -0.314 e. The van der Waals surface area contributed by atoms with Gasteiger partial charge in [-0.3, -0.25) is 4.90 Å². The van der Waals surface area contributed by atoms with Crippen LogP contribution >= 0.6 is 0 Å². The summed E-state index contributed by atoms with van der Waals surface area (Å²) in [6, 6.07) is 0.937. The van der Waals surface area contributed by atoms with E-state index in [-0.39, 0.29) is 0 Å². The van der Waals surface area contributed by atoms with Gasteiger partial charge in [-0.15, -0.1) is 6.42 Å². The van der Waals surface area contributed by atoms with Crippen molar-refractivity contribution in [2.45, 2.75) is 52.1 Å². The second-order valence-electron chi connectivity index (χ2n) is 5.16. The van der Waals surface area contributed by atoms with Gasteiger partial charge < -0.3 is 5.32 Å². The van der Waals surface area contributed by atoms with Crippen molar-refractivity contribution >= 4 is 0 Å². The first-order valence-corrected chi connectivity index (χ1v) is 6.61. The minimum atomic E-state index is 0.349. The Labute approximate surface area is 101 Å². The molecule has 0 saturated carbocycles. The van der Waals surface area contributed by atoms with E-state index in [0.29, 0.717) is 12.1 Å². The molecule has 0 aliphatic carbocycles. The molecule has 2 nitrogen and oxygen atoms in total. The Morgan fingerprint density at radius 1 is 1.50 bits per heavy atom. The third-order valence-corrected chi connectivity index (χ3v) is 3.39. The van der Waals surface area contributed by atoms with Gasteiger partial charge in [0, 0.05) is 12.6 Å². The van der Waals surface area contributed by atoms with Crippen LogP contribution in [0.25, 0.3) is 0 Å². The van der Waals surface area contributed by atoms with Crippen molar-refractivity contribution in [3.05, 3.63) is 0 Å². The molecule has 2 atom stereocenters. The number of hydrogen-bond acceptors (Lipinski definition) is 2. The average Bonchev–Trinajstić information content (AvgIpc) is 2.29. The summed E-state index contributed by atoms with van der Waals surface area (Å²) in [5.41, 5.74) is 0. The fourth-order valence-corrected chi connectivity index (χ4v) is 2.43. The number of nitrogens with zero attached hydrogens (tertiary/aromatic N) is 1. The predicted molar refractivity (Wildman–Crippen MR) is 70.3 cm³/mol. The number of piperidine rings is 1. The summed E-state index contributed by atoms with van der Waals surface area (Å²) in [5, 5.41) is 3.53. The van der Waals surface area contributed by atoms with Crippen LogP contribution in [0.2, 0.25) is 0 Å². The van der Waals surface area contributed by atoms with E-state index in [0.717, 1.165) is 18.9 Å². The van der Waals surface area contributed by atoms with Crippen LogP contribution in [0, 0.1) is 18.3 Å². The number of hydrogen-bond donors (Lipinski definition) is 1. The molecular formula is C14H26N2. The molecule has 0 aromatic carbocycles. The van der Waals surface area contributed by atoms with E-state index in [1.165, 1.54) is 25.9 Å². The van der Waals surface area contributed by atoms with Crippen LogP contribution < -0.4 is 5.32 Å². The molecule has 0 bridgehead atoms. The molecule has 1 aliphatic heterocycles. The molecule has 1 heterocycles. The van der Waals surface area contributed by atoms with Crippen LogP contribution in [0.5, 0.6) is 0 Å². The first-order valence-electron chi connectivity index (χ1n) is 6.61. The molecule has 2 heteroatoms. The number of likely N-dealkylation sites (tertiary alicyclic amines) is 1. The van der Waals surface area contributed by atoms with E-state index in [2.05, 4.69) is 36.9 Å². The van der Waals surface area contributed by atoms with Gasteiger partial charge in [-0.1, -0.05) is 26.7 Å². The molecule has 1 saturated heterocycles. The van der Waals surface area contributed by atoms with Crippen molar-refractivity contribution < 1.29 is 0 Å². The zero-order valence-corrected chi connectivity index (χ0v) is 11.0. The molecule has 1 rings (SSSR count). The first kappa shape index (κ1) is 13.5. The summed E-state index contributed by atoms with van der Waals surface area (Å²) in [6.45, 7) is 10.1. The van der Waals surface area contributed by atoms with Gasteiger partial charge in [-0.25, -0.2) is 0 Å². The maximum Gasteiger partial charge on any atom is 0.0709 e. The van der Waals surface area contributed by atoms with Crippen LogP contribution in [0.15, 0.2) is 0 Å². The van der Waals surface area contributed by atoms with Crippen molar-refractivity contribution in [3.63, 3.8) is 0 Å². The van der Waals surface area contributed by atoms with E-state index in [9.17, 15) is 0 Å². The Hall–Kier alpha value is -0.520. The first-order chi connectivity index (χ1) is 7.67. The van der Waals surface area contributed by atoms with Gasteiger partial charge in [0.15, 0.2) is 0 Å². The quantitative estimate of drug-likeness (QED) is 0.717. The second-order valence-corrected chi connectivity index (χ2v) is 5.16. The third-order valence-electron chi connectivity index (χ3n) is 3.39. The highest BCUT2D eigenvalue weighted by Gasteiger charge is 2.23. The van der Waals surface area contributed by atoms with Gasteiger partial charge in [0.25, 0.3) is 0 Å². The van der Waals surface area contributed by atoms with Crippen molar-refractivity contribution in [3.8, 4) is 12.3 Å². The SMILES string of the molecule is C#CC(CC)N1CCCC(CNC(C)C)C1. The Balaban J connectivity index is 2.38. The zero-order chi connectivity index (χ0) is 12.0. The summed E-state index contributed by atoms with van der Waals surface area (Å²) in [7, 11) is 0. The predicted octanol–water partition coefficient (Wildman–Crippen LogP) is 2.11. The van der Waals surface area contributed by atoms with Crippen LogP contribution in [0.3, 0.4) is 0 Å². The highest BCUT2D eigenvalue weighted by Crippen LogP contribution is 2.19. The number of rotatable bonds is 5. The van der Waals surface area contributed by atoms with Gasteiger partial charge in [0.1, 0.15) is 0 Å². The molecule has 16 heavy (non-hydrogen) atoms. The second kappa shape index (κ2) is 6.93. The standard InChI is InChI=1S/C14H26N2/c1-5-14(6-2)16-9-7-8-13(11-16)10-15-12(3)4/h1,12-15H,6-11H2,2-4H3. The van der Waals surface area contributed by atoms with Gasteiger partial charge in [-0.05, 0) is 38.3 Å². The molecule has 0 amide bonds. The molecule has 0 spiro atoms. The summed E-state index contributed by atoms with van der Waals surface area (Å²) in [4.78, 5) is 2.48.